The van der Waals surface area contributed by atoms with Crippen molar-refractivity contribution in [3.63, 3.8) is 0 Å². The van der Waals surface area contributed by atoms with Crippen molar-refractivity contribution < 1.29 is 4.74 Å². The van der Waals surface area contributed by atoms with Crippen LogP contribution in [0.1, 0.15) is 5.56 Å². The Hall–Kier alpha value is -2.37. The number of ether oxygens (including phenoxy) is 1. The highest BCUT2D eigenvalue weighted by molar-refractivity contribution is 5.94. The van der Waals surface area contributed by atoms with Gasteiger partial charge in [-0.15, -0.1) is 12.4 Å². The number of aromatic nitrogens is 2. The Labute approximate surface area is 140 Å². The highest BCUT2D eigenvalue weighted by Gasteiger charge is 2.11. The zero-order valence-corrected chi connectivity index (χ0v) is 13.8. The molecule has 0 saturated carbocycles. The molecule has 0 aliphatic heterocycles. The number of benzene rings is 2. The van der Waals surface area contributed by atoms with Crippen LogP contribution in [0.4, 0.5) is 0 Å². The molecule has 0 radical (unpaired) electrons. The summed E-state index contributed by atoms with van der Waals surface area (Å²) in [7, 11) is 3.23. The van der Waals surface area contributed by atoms with Crippen LogP contribution in [0.5, 0.6) is 5.75 Å². The number of methoxy groups -OCH3 is 1. The van der Waals surface area contributed by atoms with E-state index in [4.69, 9.17) is 10.5 Å². The van der Waals surface area contributed by atoms with E-state index in [-0.39, 0.29) is 18.0 Å². The minimum atomic E-state index is -0.142. The fourth-order valence-electron chi connectivity index (χ4n) is 2.47. The highest BCUT2D eigenvalue weighted by Crippen LogP contribution is 2.27. The van der Waals surface area contributed by atoms with Crippen LogP contribution in [-0.4, -0.2) is 16.9 Å². The van der Waals surface area contributed by atoms with Crippen LogP contribution in [0.25, 0.3) is 22.0 Å². The topological polar surface area (TPSA) is 70.1 Å². The average Bonchev–Trinajstić information content (AvgIpc) is 2.58. The highest BCUT2D eigenvalue weighted by atomic mass is 35.5. The number of halogens is 1. The predicted octanol–water partition coefficient (Wildman–Crippen LogP) is 2.49. The number of hydrogen-bond acceptors (Lipinski definition) is 4. The third kappa shape index (κ3) is 3.06. The van der Waals surface area contributed by atoms with Gasteiger partial charge in [0.2, 0.25) is 0 Å². The molecule has 0 unspecified atom stereocenters. The van der Waals surface area contributed by atoms with E-state index in [0.29, 0.717) is 17.7 Å². The molecule has 0 bridgehead atoms. The van der Waals surface area contributed by atoms with Crippen molar-refractivity contribution in [3.8, 4) is 17.0 Å². The van der Waals surface area contributed by atoms with Gasteiger partial charge in [0.05, 0.1) is 18.2 Å². The maximum atomic E-state index is 12.3. The number of rotatable bonds is 3. The molecule has 5 nitrogen and oxygen atoms in total. The van der Waals surface area contributed by atoms with Gasteiger partial charge in [-0.3, -0.25) is 4.79 Å². The lowest BCUT2D eigenvalue weighted by atomic mass is 10.0. The van der Waals surface area contributed by atoms with Gasteiger partial charge in [-0.2, -0.15) is 5.10 Å². The van der Waals surface area contributed by atoms with E-state index in [9.17, 15) is 4.79 Å². The molecule has 6 heteroatoms. The fourth-order valence-corrected chi connectivity index (χ4v) is 2.47. The molecule has 1 heterocycles. The standard InChI is InChI=1S/C17H17N3O2.ClH/c1-20-17(21)15-9-13(22-2)7-8-14(15)16(19-20)12-5-3-11(10-18)4-6-12;/h3-9H,10,18H2,1-2H3;1H. The second kappa shape index (κ2) is 6.81. The molecule has 0 fully saturated rings. The Morgan fingerprint density at radius 1 is 1.13 bits per heavy atom. The van der Waals surface area contributed by atoms with E-state index in [2.05, 4.69) is 5.10 Å². The van der Waals surface area contributed by atoms with Gasteiger partial charge in [0, 0.05) is 24.5 Å². The second-order valence-corrected chi connectivity index (χ2v) is 5.09. The van der Waals surface area contributed by atoms with Crippen molar-refractivity contribution in [2.75, 3.05) is 7.11 Å². The zero-order chi connectivity index (χ0) is 15.7. The summed E-state index contributed by atoms with van der Waals surface area (Å²) < 4.78 is 6.57. The van der Waals surface area contributed by atoms with Crippen LogP contribution in [0.15, 0.2) is 47.3 Å². The summed E-state index contributed by atoms with van der Waals surface area (Å²) >= 11 is 0. The minimum absolute atomic E-state index is 0. The van der Waals surface area contributed by atoms with Crippen molar-refractivity contribution in [2.45, 2.75) is 6.54 Å². The van der Waals surface area contributed by atoms with Gasteiger partial charge in [-0.05, 0) is 23.8 Å². The van der Waals surface area contributed by atoms with Crippen molar-refractivity contribution in [3.05, 3.63) is 58.4 Å². The van der Waals surface area contributed by atoms with Gasteiger partial charge in [-0.25, -0.2) is 4.68 Å². The third-order valence-electron chi connectivity index (χ3n) is 3.72. The maximum Gasteiger partial charge on any atom is 0.274 e. The van der Waals surface area contributed by atoms with Crippen LogP contribution < -0.4 is 16.0 Å². The summed E-state index contributed by atoms with van der Waals surface area (Å²) in [6.45, 7) is 0.499. The number of hydrogen-bond donors (Lipinski definition) is 1. The lowest BCUT2D eigenvalue weighted by molar-refractivity contribution is 0.415. The lowest BCUT2D eigenvalue weighted by Gasteiger charge is -2.10. The second-order valence-electron chi connectivity index (χ2n) is 5.09. The Bertz CT molecular complexity index is 889. The monoisotopic (exact) mass is 331 g/mol. The SMILES string of the molecule is COc1ccc2c(-c3ccc(CN)cc3)nn(C)c(=O)c2c1.Cl. The van der Waals surface area contributed by atoms with Gasteiger partial charge >= 0.3 is 0 Å². The Balaban J connectivity index is 0.00000192. The van der Waals surface area contributed by atoms with Gasteiger partial charge in [0.15, 0.2) is 0 Å². The van der Waals surface area contributed by atoms with Crippen LogP contribution in [-0.2, 0) is 13.6 Å². The molecule has 2 N–H and O–H groups in total. The molecule has 0 saturated heterocycles. The molecule has 2 aromatic carbocycles. The first-order valence-corrected chi connectivity index (χ1v) is 6.98. The summed E-state index contributed by atoms with van der Waals surface area (Å²) in [6, 6.07) is 13.3. The molecular formula is C17H18ClN3O2. The zero-order valence-electron chi connectivity index (χ0n) is 12.9. The molecule has 3 aromatic rings. The average molecular weight is 332 g/mol. The van der Waals surface area contributed by atoms with Crippen LogP contribution in [0.2, 0.25) is 0 Å². The summed E-state index contributed by atoms with van der Waals surface area (Å²) in [5.41, 5.74) is 8.26. The minimum Gasteiger partial charge on any atom is -0.497 e. The van der Waals surface area contributed by atoms with Gasteiger partial charge in [-0.1, -0.05) is 24.3 Å². The normalized spacial score (nSPS) is 10.4. The Morgan fingerprint density at radius 2 is 1.83 bits per heavy atom. The number of nitrogens with two attached hydrogens (primary N) is 1. The summed E-state index contributed by atoms with van der Waals surface area (Å²) in [6.07, 6.45) is 0. The quantitative estimate of drug-likeness (QED) is 0.800. The van der Waals surface area contributed by atoms with E-state index in [1.54, 1.807) is 20.2 Å². The molecule has 0 aliphatic carbocycles. The van der Waals surface area contributed by atoms with Gasteiger partial charge in [0.1, 0.15) is 5.75 Å². The molecular weight excluding hydrogens is 314 g/mol. The first-order valence-electron chi connectivity index (χ1n) is 6.98. The van der Waals surface area contributed by atoms with E-state index < -0.39 is 0 Å². The Morgan fingerprint density at radius 3 is 2.43 bits per heavy atom. The van der Waals surface area contributed by atoms with Crippen molar-refractivity contribution in [1.82, 2.24) is 9.78 Å². The van der Waals surface area contributed by atoms with E-state index >= 15 is 0 Å². The van der Waals surface area contributed by atoms with Crippen LogP contribution in [0, 0.1) is 0 Å². The molecule has 0 amide bonds. The first-order chi connectivity index (χ1) is 10.6. The molecule has 0 aliphatic rings. The molecule has 1 aromatic heterocycles. The molecule has 0 atom stereocenters. The van der Waals surface area contributed by atoms with E-state index in [1.807, 2.05) is 36.4 Å². The predicted molar refractivity (Wildman–Crippen MR) is 94.1 cm³/mol. The maximum absolute atomic E-state index is 12.3. The van der Waals surface area contributed by atoms with Crippen molar-refractivity contribution in [1.29, 1.82) is 0 Å². The van der Waals surface area contributed by atoms with Gasteiger partial charge in [0.25, 0.3) is 5.56 Å². The molecule has 3 rings (SSSR count). The van der Waals surface area contributed by atoms with E-state index in [1.165, 1.54) is 4.68 Å². The van der Waals surface area contributed by atoms with Crippen LogP contribution in [0.3, 0.4) is 0 Å². The molecule has 0 spiro atoms. The molecule has 23 heavy (non-hydrogen) atoms. The lowest BCUT2D eigenvalue weighted by Crippen LogP contribution is -2.20. The Kier molecular flexibility index (Phi) is 5.03. The van der Waals surface area contributed by atoms with Crippen molar-refractivity contribution >= 4 is 23.2 Å². The smallest absolute Gasteiger partial charge is 0.274 e. The number of nitrogens with zero attached hydrogens (tertiary/aromatic N) is 2. The van der Waals surface area contributed by atoms with Crippen LogP contribution >= 0.6 is 12.4 Å². The third-order valence-corrected chi connectivity index (χ3v) is 3.72. The van der Waals surface area contributed by atoms with Crippen molar-refractivity contribution in [2.24, 2.45) is 12.8 Å². The number of aryl methyl sites for hydroxylation is 1. The van der Waals surface area contributed by atoms with E-state index in [0.717, 1.165) is 22.2 Å². The summed E-state index contributed by atoms with van der Waals surface area (Å²) in [4.78, 5) is 12.3. The summed E-state index contributed by atoms with van der Waals surface area (Å²) in [5.74, 6) is 0.653. The summed E-state index contributed by atoms with van der Waals surface area (Å²) in [5, 5.41) is 5.82. The largest absolute Gasteiger partial charge is 0.497 e. The number of fused-ring (bicyclic) bond motifs is 1. The fraction of sp³-hybridized carbons (Fsp3) is 0.176. The molecule has 120 valence electrons. The first kappa shape index (κ1) is 17.0. The van der Waals surface area contributed by atoms with Gasteiger partial charge < -0.3 is 10.5 Å².